The monoisotopic (exact) mass is 543 g/mol. The predicted octanol–water partition coefficient (Wildman–Crippen LogP) is 4.91. The summed E-state index contributed by atoms with van der Waals surface area (Å²) >= 11 is 0. The van der Waals surface area contributed by atoms with E-state index < -0.39 is 48.9 Å². The number of nitrogens with zero attached hydrogens (tertiary/aromatic N) is 1. The van der Waals surface area contributed by atoms with Crippen LogP contribution in [0.3, 0.4) is 0 Å². The van der Waals surface area contributed by atoms with Crippen LogP contribution >= 0.6 is 0 Å². The molecule has 2 heterocycles. The summed E-state index contributed by atoms with van der Waals surface area (Å²) in [6, 6.07) is 13.9. The lowest BCUT2D eigenvalue weighted by Crippen LogP contribution is -2.46. The first-order chi connectivity index (χ1) is 19.1. The number of methoxy groups -OCH3 is 1. The molecule has 0 radical (unpaired) electrons. The average Bonchev–Trinajstić information content (AvgIpc) is 3.18. The minimum Gasteiger partial charge on any atom is -0.507 e. The van der Waals surface area contributed by atoms with Crippen LogP contribution < -0.4 is 0 Å². The third-order valence-corrected chi connectivity index (χ3v) is 8.48. The zero-order valence-electron chi connectivity index (χ0n) is 23.2. The van der Waals surface area contributed by atoms with E-state index in [0.29, 0.717) is 24.2 Å². The first-order valence-electron chi connectivity index (χ1n) is 13.7. The lowest BCUT2D eigenvalue weighted by molar-refractivity contribution is -0.137. The minimum absolute atomic E-state index is 0.186. The van der Waals surface area contributed by atoms with Crippen molar-refractivity contribution in [2.75, 3.05) is 7.11 Å². The number of phenols is 1. The van der Waals surface area contributed by atoms with Crippen molar-refractivity contribution in [3.63, 3.8) is 0 Å². The van der Waals surface area contributed by atoms with E-state index in [-0.39, 0.29) is 12.1 Å². The number of rotatable bonds is 5. The van der Waals surface area contributed by atoms with Crippen molar-refractivity contribution in [1.82, 2.24) is 4.90 Å². The van der Waals surface area contributed by atoms with E-state index in [1.54, 1.807) is 0 Å². The fourth-order valence-corrected chi connectivity index (χ4v) is 6.70. The van der Waals surface area contributed by atoms with E-state index in [1.165, 1.54) is 0 Å². The molecule has 8 nitrogen and oxygen atoms in total. The summed E-state index contributed by atoms with van der Waals surface area (Å²) in [5, 5.41) is 21.0. The van der Waals surface area contributed by atoms with Crippen LogP contribution in [0.1, 0.15) is 48.4 Å². The number of hydrogen-bond donors (Lipinski definition) is 2. The molecule has 2 fully saturated rings. The number of allylic oxidation sites excluding steroid dienone is 2. The van der Waals surface area contributed by atoms with Gasteiger partial charge in [0.25, 0.3) is 0 Å². The molecule has 5 rings (SSSR count). The van der Waals surface area contributed by atoms with Crippen LogP contribution in [0.4, 0.5) is 4.79 Å². The van der Waals surface area contributed by atoms with E-state index in [0.717, 1.165) is 46.1 Å². The SMILES string of the molecule is COC(=O)N1C(=O)[C@@H]2[C@@H](CC(C)=C3[C@@H](CC/C(=C/c4cc(C)c(O)c(C)c4)c4ccccc4)OB(O)C[C@@H]32)C1=O. The molecule has 2 aromatic rings. The molecular formula is C31H34BNO7. The van der Waals surface area contributed by atoms with Crippen molar-refractivity contribution < 1.29 is 33.9 Å². The zero-order valence-corrected chi connectivity index (χ0v) is 23.2. The molecule has 2 aliphatic heterocycles. The van der Waals surface area contributed by atoms with Crippen molar-refractivity contribution >= 4 is 36.7 Å². The van der Waals surface area contributed by atoms with Crippen LogP contribution in [0.15, 0.2) is 53.6 Å². The van der Waals surface area contributed by atoms with Gasteiger partial charge in [-0.25, -0.2) is 4.79 Å². The fraction of sp³-hybridized carbons (Fsp3) is 0.387. The summed E-state index contributed by atoms with van der Waals surface area (Å²) in [4.78, 5) is 39.2. The zero-order chi connectivity index (χ0) is 28.7. The summed E-state index contributed by atoms with van der Waals surface area (Å²) < 4.78 is 10.8. The smallest absolute Gasteiger partial charge is 0.455 e. The largest absolute Gasteiger partial charge is 0.507 e. The molecule has 0 unspecified atom stereocenters. The number of aryl methyl sites for hydroxylation is 2. The van der Waals surface area contributed by atoms with Gasteiger partial charge in [0.15, 0.2) is 0 Å². The van der Waals surface area contributed by atoms with Gasteiger partial charge in [-0.2, -0.15) is 4.90 Å². The molecule has 0 spiro atoms. The minimum atomic E-state index is -1.09. The van der Waals surface area contributed by atoms with E-state index in [2.05, 4.69) is 6.08 Å². The standard InChI is InChI=1S/C31H34BNO7/c1-17-14-23-27(30(36)33(29(23)35)31(37)39-4)24-16-32(38)40-25(26(17)24)11-10-22(21-8-6-5-7-9-21)15-20-12-18(2)28(34)19(3)13-20/h5-9,12-13,15,23-25,27,34,38H,10-11,14,16H2,1-4H3/b22-15-/t23-,24+,25-,27-/m1/s1. The third-order valence-electron chi connectivity index (χ3n) is 8.48. The normalized spacial score (nSPS) is 24.8. The van der Waals surface area contributed by atoms with Gasteiger partial charge in [-0.3, -0.25) is 9.59 Å². The van der Waals surface area contributed by atoms with Crippen LogP contribution in [-0.2, 0) is 19.0 Å². The molecule has 0 bridgehead atoms. The molecule has 0 aromatic heterocycles. The molecule has 2 N–H and O–H groups in total. The number of likely N-dealkylation sites (tertiary alicyclic amines) is 1. The van der Waals surface area contributed by atoms with Crippen molar-refractivity contribution in [2.45, 2.75) is 52.5 Å². The highest BCUT2D eigenvalue weighted by atomic mass is 16.5. The Hall–Kier alpha value is -3.69. The van der Waals surface area contributed by atoms with Gasteiger partial charge in [0.2, 0.25) is 11.8 Å². The summed E-state index contributed by atoms with van der Waals surface area (Å²) in [5.41, 5.74) is 6.61. The number of aromatic hydroxyl groups is 1. The van der Waals surface area contributed by atoms with E-state index in [1.807, 2.05) is 63.2 Å². The second kappa shape index (κ2) is 11.1. The Morgan fingerprint density at radius 1 is 1.10 bits per heavy atom. The molecule has 40 heavy (non-hydrogen) atoms. The molecular weight excluding hydrogens is 509 g/mol. The Labute approximate surface area is 234 Å². The van der Waals surface area contributed by atoms with Gasteiger partial charge in [-0.05, 0) is 97.8 Å². The molecule has 4 atom stereocenters. The fourth-order valence-electron chi connectivity index (χ4n) is 6.70. The summed E-state index contributed by atoms with van der Waals surface area (Å²) in [5.74, 6) is -2.58. The molecule has 0 saturated carbocycles. The summed E-state index contributed by atoms with van der Waals surface area (Å²) in [6.07, 6.45) is 2.42. The molecule has 9 heteroatoms. The molecule has 2 aromatic carbocycles. The number of phenolic OH excluding ortho intramolecular Hbond substituents is 1. The first kappa shape index (κ1) is 27.9. The lowest BCUT2D eigenvalue weighted by Gasteiger charge is -2.42. The number of carbonyl (C=O) groups excluding carboxylic acids is 3. The van der Waals surface area contributed by atoms with E-state index in [4.69, 9.17) is 9.39 Å². The topological polar surface area (TPSA) is 113 Å². The predicted molar refractivity (Wildman–Crippen MR) is 151 cm³/mol. The van der Waals surface area contributed by atoms with Crippen molar-refractivity contribution in [1.29, 1.82) is 0 Å². The van der Waals surface area contributed by atoms with Crippen molar-refractivity contribution in [2.24, 2.45) is 17.8 Å². The Balaban J connectivity index is 1.45. The van der Waals surface area contributed by atoms with Crippen LogP contribution in [0.2, 0.25) is 6.32 Å². The quantitative estimate of drug-likeness (QED) is 0.238. The maximum absolute atomic E-state index is 13.3. The molecule has 3 aliphatic rings. The Bertz CT molecular complexity index is 1390. The maximum atomic E-state index is 13.3. The number of amides is 3. The molecule has 208 valence electrons. The number of fused-ring (bicyclic) bond motifs is 3. The highest BCUT2D eigenvalue weighted by molar-refractivity contribution is 6.43. The Morgan fingerprint density at radius 2 is 1.77 bits per heavy atom. The highest BCUT2D eigenvalue weighted by Gasteiger charge is 2.58. The maximum Gasteiger partial charge on any atom is 0.455 e. The van der Waals surface area contributed by atoms with Crippen molar-refractivity contribution in [3.05, 3.63) is 75.9 Å². The number of imide groups is 3. The lowest BCUT2D eigenvalue weighted by atomic mass is 9.58. The number of carbonyl (C=O) groups is 3. The number of hydrogen-bond acceptors (Lipinski definition) is 7. The molecule has 3 amide bonds. The highest BCUT2D eigenvalue weighted by Crippen LogP contribution is 2.50. The molecule has 2 saturated heterocycles. The third kappa shape index (κ3) is 5.00. The van der Waals surface area contributed by atoms with Gasteiger partial charge >= 0.3 is 13.2 Å². The Kier molecular flexibility index (Phi) is 7.71. The van der Waals surface area contributed by atoms with Crippen LogP contribution in [0, 0.1) is 31.6 Å². The van der Waals surface area contributed by atoms with Gasteiger partial charge in [-0.15, -0.1) is 0 Å². The number of ether oxygens (including phenoxy) is 1. The average molecular weight is 543 g/mol. The van der Waals surface area contributed by atoms with Gasteiger partial charge in [0, 0.05) is 0 Å². The Morgan fingerprint density at radius 3 is 2.42 bits per heavy atom. The molecule has 1 aliphatic carbocycles. The van der Waals surface area contributed by atoms with Crippen LogP contribution in [-0.4, -0.2) is 53.3 Å². The van der Waals surface area contributed by atoms with Crippen LogP contribution in [0.5, 0.6) is 5.75 Å². The van der Waals surface area contributed by atoms with E-state index >= 15 is 0 Å². The van der Waals surface area contributed by atoms with Crippen LogP contribution in [0.25, 0.3) is 11.6 Å². The summed E-state index contributed by atoms with van der Waals surface area (Å²) in [6.45, 7) is 5.70. The second-order valence-electron chi connectivity index (χ2n) is 11.1. The van der Waals surface area contributed by atoms with Gasteiger partial charge in [0.1, 0.15) is 5.75 Å². The summed E-state index contributed by atoms with van der Waals surface area (Å²) in [7, 11) is 0.0547. The number of benzene rings is 2. The van der Waals surface area contributed by atoms with Crippen molar-refractivity contribution in [3.8, 4) is 5.75 Å². The van der Waals surface area contributed by atoms with Gasteiger partial charge in [-0.1, -0.05) is 42.0 Å². The first-order valence-corrected chi connectivity index (χ1v) is 13.7. The van der Waals surface area contributed by atoms with Gasteiger partial charge in [0.05, 0.1) is 25.0 Å². The second-order valence-corrected chi connectivity index (χ2v) is 11.1. The van der Waals surface area contributed by atoms with Gasteiger partial charge < -0.3 is 19.5 Å². The van der Waals surface area contributed by atoms with E-state index in [9.17, 15) is 24.5 Å².